The Labute approximate surface area is 343 Å². The molecule has 0 saturated heterocycles. The zero-order valence-corrected chi connectivity index (χ0v) is 37.5. The molecule has 16 nitrogen and oxygen atoms in total. The van der Waals surface area contributed by atoms with Gasteiger partial charge in [-0.3, -0.25) is 0 Å². The molecule has 0 saturated carbocycles. The summed E-state index contributed by atoms with van der Waals surface area (Å²) in [5.41, 5.74) is -2.16. The molecule has 4 amide bonds. The van der Waals surface area contributed by atoms with E-state index in [1.54, 1.807) is 0 Å². The Balaban J connectivity index is 2.64. The SMILES string of the molecule is CC(C)(C)OC(=O)NCCCN(CCCNC(=O)OC(C)(C)C)CCCn1cc[n+](CCCN(CCCNC(=O)OC(C)(C)C)CCCNC(=O)OC(C)(C)C)c1. The Kier molecular flexibility index (Phi) is 23.0. The van der Waals surface area contributed by atoms with Gasteiger partial charge >= 0.3 is 24.4 Å². The van der Waals surface area contributed by atoms with Crippen LogP contribution in [0, 0.1) is 0 Å². The van der Waals surface area contributed by atoms with Crippen LogP contribution in [0.15, 0.2) is 18.7 Å². The average molecular weight is 812 g/mol. The van der Waals surface area contributed by atoms with Crippen LogP contribution >= 0.6 is 0 Å². The van der Waals surface area contributed by atoms with Gasteiger partial charge in [0.25, 0.3) is 0 Å². The van der Waals surface area contributed by atoms with Crippen molar-refractivity contribution in [2.45, 2.75) is 157 Å². The van der Waals surface area contributed by atoms with Crippen molar-refractivity contribution in [3.63, 3.8) is 0 Å². The van der Waals surface area contributed by atoms with E-state index in [9.17, 15) is 19.2 Å². The van der Waals surface area contributed by atoms with Gasteiger partial charge in [-0.25, -0.2) is 28.3 Å². The number of alkyl carbamates (subject to hydrolysis) is 4. The Bertz CT molecular complexity index is 1140. The van der Waals surface area contributed by atoms with E-state index >= 15 is 0 Å². The van der Waals surface area contributed by atoms with Crippen LogP contribution in [-0.4, -0.2) is 127 Å². The third-order valence-corrected chi connectivity index (χ3v) is 7.80. The fourth-order valence-corrected chi connectivity index (χ4v) is 5.56. The molecule has 0 atom stereocenters. The summed E-state index contributed by atoms with van der Waals surface area (Å²) >= 11 is 0. The van der Waals surface area contributed by atoms with Gasteiger partial charge in [0, 0.05) is 39.3 Å². The van der Waals surface area contributed by atoms with Gasteiger partial charge in [-0.05, 0) is 148 Å². The summed E-state index contributed by atoms with van der Waals surface area (Å²) in [6.45, 7) is 30.9. The van der Waals surface area contributed by atoms with Crippen molar-refractivity contribution in [1.29, 1.82) is 0 Å². The number of hydrogen-bond acceptors (Lipinski definition) is 10. The van der Waals surface area contributed by atoms with Crippen LogP contribution in [0.3, 0.4) is 0 Å². The molecule has 1 aromatic rings. The molecule has 0 radical (unpaired) electrons. The highest BCUT2D eigenvalue weighted by atomic mass is 16.6. The summed E-state index contributed by atoms with van der Waals surface area (Å²) in [7, 11) is 0. The Morgan fingerprint density at radius 1 is 0.491 bits per heavy atom. The van der Waals surface area contributed by atoms with Gasteiger partial charge in [0.15, 0.2) is 0 Å². The van der Waals surface area contributed by atoms with E-state index in [1.807, 2.05) is 83.1 Å². The first kappa shape index (κ1) is 51.2. The van der Waals surface area contributed by atoms with E-state index in [1.165, 1.54) is 0 Å². The first-order valence-corrected chi connectivity index (χ1v) is 20.8. The number of rotatable bonds is 24. The van der Waals surface area contributed by atoms with Crippen LogP contribution in [0.4, 0.5) is 19.2 Å². The largest absolute Gasteiger partial charge is 0.444 e. The highest BCUT2D eigenvalue weighted by Gasteiger charge is 2.19. The van der Waals surface area contributed by atoms with Crippen molar-refractivity contribution < 1.29 is 42.7 Å². The van der Waals surface area contributed by atoms with Crippen LogP contribution in [0.1, 0.15) is 122 Å². The molecule has 0 aromatic carbocycles. The van der Waals surface area contributed by atoms with Crippen LogP contribution in [0.5, 0.6) is 0 Å². The minimum Gasteiger partial charge on any atom is -0.444 e. The summed E-state index contributed by atoms with van der Waals surface area (Å²) in [4.78, 5) is 53.1. The molecule has 4 N–H and O–H groups in total. The standard InChI is InChI=1S/C41H78N8O8/c1-38(2,3)54-34(50)42-19-13-23-46(24-14-20-43-35(51)55-39(4,5)6)27-17-29-48-31-32-49(33-48)30-18-28-47(25-15-21-44-36(52)56-40(7,8)9)26-16-22-45-37(53)57-41(10,11)12/h31-33H,13-30H2,1-12H3,(H3-,42,43,44,45,50,51,52,53)/p+1. The number of aryl methyl sites for hydroxylation is 2. The minimum atomic E-state index is -0.541. The van der Waals surface area contributed by atoms with Crippen molar-refractivity contribution in [3.8, 4) is 0 Å². The molecule has 0 bridgehead atoms. The topological polar surface area (TPSA) is 169 Å². The first-order valence-electron chi connectivity index (χ1n) is 20.8. The highest BCUT2D eigenvalue weighted by Crippen LogP contribution is 2.09. The van der Waals surface area contributed by atoms with Gasteiger partial charge < -0.3 is 50.0 Å². The number of carbonyl (C=O) groups excluding carboxylic acids is 4. The second-order valence-electron chi connectivity index (χ2n) is 18.4. The molecular formula is C41H79N8O8+. The summed E-state index contributed by atoms with van der Waals surface area (Å²) in [6, 6.07) is 0. The summed E-state index contributed by atoms with van der Waals surface area (Å²) in [6.07, 6.45) is 9.68. The molecule has 0 spiro atoms. The van der Waals surface area contributed by atoms with Crippen molar-refractivity contribution in [3.05, 3.63) is 18.7 Å². The number of hydrogen-bond donors (Lipinski definition) is 4. The smallest absolute Gasteiger partial charge is 0.407 e. The molecule has 0 unspecified atom stereocenters. The van der Waals surface area contributed by atoms with Gasteiger partial charge in [0.05, 0.1) is 13.1 Å². The lowest BCUT2D eigenvalue weighted by Gasteiger charge is -2.23. The fourth-order valence-electron chi connectivity index (χ4n) is 5.56. The van der Waals surface area contributed by atoms with Gasteiger partial charge in [-0.1, -0.05) is 0 Å². The van der Waals surface area contributed by atoms with E-state index in [2.05, 4.69) is 58.9 Å². The van der Waals surface area contributed by atoms with Crippen LogP contribution in [0.2, 0.25) is 0 Å². The molecule has 0 aliphatic rings. The predicted molar refractivity (Wildman–Crippen MR) is 222 cm³/mol. The quantitative estimate of drug-likeness (QED) is 0.0568. The average Bonchev–Trinajstić information content (AvgIpc) is 3.48. The van der Waals surface area contributed by atoms with Crippen molar-refractivity contribution in [2.24, 2.45) is 0 Å². The molecule has 0 fully saturated rings. The summed E-state index contributed by atoms with van der Waals surface area (Å²) in [5.74, 6) is 0. The van der Waals surface area contributed by atoms with Crippen LogP contribution in [0.25, 0.3) is 0 Å². The molecule has 0 aliphatic heterocycles. The molecule has 1 aromatic heterocycles. The number of carbonyl (C=O) groups is 4. The molecule has 1 rings (SSSR count). The second kappa shape index (κ2) is 25.5. The maximum absolute atomic E-state index is 12.1. The lowest BCUT2D eigenvalue weighted by Crippen LogP contribution is -2.38. The monoisotopic (exact) mass is 812 g/mol. The fraction of sp³-hybridized carbons (Fsp3) is 0.829. The zero-order valence-electron chi connectivity index (χ0n) is 37.5. The number of nitrogens with one attached hydrogen (secondary N) is 4. The molecular weight excluding hydrogens is 732 g/mol. The third-order valence-electron chi connectivity index (χ3n) is 7.80. The van der Waals surface area contributed by atoms with E-state index in [4.69, 9.17) is 18.9 Å². The number of ether oxygens (including phenoxy) is 4. The van der Waals surface area contributed by atoms with E-state index in [-0.39, 0.29) is 0 Å². The number of imidazole rings is 1. The summed E-state index contributed by atoms with van der Waals surface area (Å²) < 4.78 is 25.8. The highest BCUT2D eigenvalue weighted by molar-refractivity contribution is 5.68. The first-order chi connectivity index (χ1) is 26.4. The molecule has 0 aliphatic carbocycles. The van der Waals surface area contributed by atoms with Crippen molar-refractivity contribution >= 4 is 24.4 Å². The molecule has 16 heteroatoms. The van der Waals surface area contributed by atoms with Gasteiger partial charge in [-0.2, -0.15) is 0 Å². The van der Waals surface area contributed by atoms with E-state index in [0.717, 1.165) is 90.9 Å². The Hall–Kier alpha value is -3.79. The molecule has 1 heterocycles. The van der Waals surface area contributed by atoms with Gasteiger partial charge in [-0.15, -0.1) is 0 Å². The third kappa shape index (κ3) is 31.0. The van der Waals surface area contributed by atoms with Crippen molar-refractivity contribution in [2.75, 3.05) is 65.4 Å². The maximum Gasteiger partial charge on any atom is 0.407 e. The number of aromatic nitrogens is 2. The van der Waals surface area contributed by atoms with Gasteiger partial charge in [0.2, 0.25) is 6.33 Å². The van der Waals surface area contributed by atoms with Crippen molar-refractivity contribution in [1.82, 2.24) is 35.6 Å². The molecule has 57 heavy (non-hydrogen) atoms. The molecule has 330 valence electrons. The Morgan fingerprint density at radius 2 is 0.789 bits per heavy atom. The van der Waals surface area contributed by atoms with E-state index < -0.39 is 46.8 Å². The van der Waals surface area contributed by atoms with Crippen LogP contribution in [-0.2, 0) is 32.0 Å². The predicted octanol–water partition coefficient (Wildman–Crippen LogP) is 5.82. The number of nitrogens with zero attached hydrogens (tertiary/aromatic N) is 4. The lowest BCUT2D eigenvalue weighted by atomic mass is 10.2. The number of amides is 4. The summed E-state index contributed by atoms with van der Waals surface area (Å²) in [5, 5.41) is 11.4. The lowest BCUT2D eigenvalue weighted by molar-refractivity contribution is -0.696. The minimum absolute atomic E-state index is 0.413. The maximum atomic E-state index is 12.1. The normalized spacial score (nSPS) is 12.3. The van der Waals surface area contributed by atoms with Gasteiger partial charge in [0.1, 0.15) is 34.8 Å². The second-order valence-corrected chi connectivity index (χ2v) is 18.4. The van der Waals surface area contributed by atoms with Crippen LogP contribution < -0.4 is 25.8 Å². The van der Waals surface area contributed by atoms with E-state index in [0.29, 0.717) is 26.2 Å². The Morgan fingerprint density at radius 3 is 1.11 bits per heavy atom. The zero-order chi connectivity index (χ0) is 43.1.